The van der Waals surface area contributed by atoms with Gasteiger partial charge >= 0.3 is 0 Å². The van der Waals surface area contributed by atoms with Crippen LogP contribution in [0.5, 0.6) is 0 Å². The Bertz CT molecular complexity index is 1170. The Balaban J connectivity index is 1.85. The fourth-order valence-electron chi connectivity index (χ4n) is 4.27. The number of Topliss-reactive ketones (excluding diaryl/α,β-unsaturated/α-hetero) is 1. The van der Waals surface area contributed by atoms with E-state index in [9.17, 15) is 10.1 Å². The largest absolute Gasteiger partial charge is 0.350 e. The molecule has 1 aliphatic carbocycles. The predicted octanol–water partition coefficient (Wildman–Crippen LogP) is 3.96. The highest BCUT2D eigenvalue weighted by Crippen LogP contribution is 2.53. The second-order valence-corrected chi connectivity index (χ2v) is 8.96. The van der Waals surface area contributed by atoms with E-state index in [4.69, 9.17) is 5.73 Å². The second kappa shape index (κ2) is 5.91. The van der Waals surface area contributed by atoms with Gasteiger partial charge in [0, 0.05) is 28.5 Å². The monoisotopic (exact) mass is 393 g/mol. The molecule has 2 atom stereocenters. The van der Waals surface area contributed by atoms with Crippen LogP contribution in [0, 0.1) is 24.2 Å². The van der Waals surface area contributed by atoms with E-state index in [1.165, 1.54) is 4.88 Å². The third kappa shape index (κ3) is 2.27. The Morgan fingerprint density at radius 1 is 1.41 bits per heavy atom. The van der Waals surface area contributed by atoms with Crippen LogP contribution in [0.4, 0.5) is 10.8 Å². The number of anilines is 2. The van der Waals surface area contributed by atoms with E-state index >= 15 is 0 Å². The number of allylic oxidation sites excluding steroid dienone is 2. The Labute approximate surface area is 164 Å². The summed E-state index contributed by atoms with van der Waals surface area (Å²) < 4.78 is 1.02. The number of rotatable bonds is 1. The summed E-state index contributed by atoms with van der Waals surface area (Å²) in [6.07, 6.45) is 3.52. The highest BCUT2D eigenvalue weighted by Gasteiger charge is 2.43. The van der Waals surface area contributed by atoms with Gasteiger partial charge in [-0.2, -0.15) is 5.26 Å². The quantitative estimate of drug-likeness (QED) is 0.654. The van der Waals surface area contributed by atoms with E-state index in [1.807, 2.05) is 13.0 Å². The molecule has 1 aliphatic heterocycles. The number of thiophene rings is 2. The molecule has 0 spiro atoms. The van der Waals surface area contributed by atoms with Crippen LogP contribution in [-0.4, -0.2) is 5.78 Å². The lowest BCUT2D eigenvalue weighted by atomic mass is 9.74. The number of pyridine rings is 1. The first-order valence-corrected chi connectivity index (χ1v) is 10.5. The third-order valence-electron chi connectivity index (χ3n) is 5.49. The molecule has 5 rings (SSSR count). The van der Waals surface area contributed by atoms with E-state index < -0.39 is 0 Å². The number of nitrogens with one attached hydrogen (secondary N) is 2. The van der Waals surface area contributed by atoms with Gasteiger partial charge in [0.05, 0.1) is 10.6 Å². The Hall–Kier alpha value is -2.69. The number of carbonyl (C=O) groups is 1. The highest BCUT2D eigenvalue weighted by molar-refractivity contribution is 7.23. The number of nitriles is 1. The molecule has 0 radical (unpaired) electrons. The summed E-state index contributed by atoms with van der Waals surface area (Å²) in [6.45, 7) is 1.94. The zero-order chi connectivity index (χ0) is 18.7. The van der Waals surface area contributed by atoms with Crippen LogP contribution in [-0.2, 0) is 4.79 Å². The number of nitrogens with two attached hydrogens (primary N) is 1. The number of hydrogen-bond donors (Lipinski definition) is 2. The number of carbonyl (C=O) groups excluding carboxylic acids is 1. The number of aromatic nitrogens is 1. The summed E-state index contributed by atoms with van der Waals surface area (Å²) in [5.41, 5.74) is 10.6. The lowest BCUT2D eigenvalue weighted by Crippen LogP contribution is -2.34. The normalized spacial score (nSPS) is 21.2. The summed E-state index contributed by atoms with van der Waals surface area (Å²) >= 11 is 3.30. The molecular weight excluding hydrogens is 376 g/mol. The predicted molar refractivity (Wildman–Crippen MR) is 108 cm³/mol. The number of aryl methyl sites for hydroxylation is 1. The molecule has 4 heterocycles. The number of nitrogens with zero attached hydrogens (tertiary/aromatic N) is 1. The van der Waals surface area contributed by atoms with Crippen LogP contribution in [0.25, 0.3) is 10.2 Å². The van der Waals surface area contributed by atoms with Gasteiger partial charge in [0.1, 0.15) is 27.9 Å². The van der Waals surface area contributed by atoms with Crippen molar-refractivity contribution < 1.29 is 9.78 Å². The number of aromatic amines is 1. The molecular formula is C20H17N4OS2+. The standard InChI is InChI=1S/C20H16N4OS2/c1-9-10(8-21)19(22)24-17-16-15(13-6-3-7-26-13)14-11(4-2-5-12(14)25)23-20(16)27-18(9)17/h3-4,6-7,14-15,23H,2,5H2,1H3,(H2,22,24)/p+1/t14-,15+/m0/s1. The van der Waals surface area contributed by atoms with Crippen LogP contribution < -0.4 is 16.0 Å². The number of H-pyrrole nitrogens is 1. The Morgan fingerprint density at radius 2 is 2.26 bits per heavy atom. The smallest absolute Gasteiger partial charge is 0.289 e. The molecule has 0 saturated heterocycles. The fourth-order valence-corrected chi connectivity index (χ4v) is 6.37. The summed E-state index contributed by atoms with van der Waals surface area (Å²) in [4.78, 5) is 17.3. The minimum atomic E-state index is -0.187. The van der Waals surface area contributed by atoms with Crippen molar-refractivity contribution in [2.45, 2.75) is 25.7 Å². The Kier molecular flexibility index (Phi) is 3.61. The molecule has 27 heavy (non-hydrogen) atoms. The van der Waals surface area contributed by atoms with Crippen molar-refractivity contribution in [3.8, 4) is 6.07 Å². The molecule has 0 amide bonds. The first kappa shape index (κ1) is 16.5. The number of nitrogen functional groups attached to an aromatic ring is 1. The molecule has 0 unspecified atom stereocenters. The molecule has 134 valence electrons. The Morgan fingerprint density at radius 3 is 3.00 bits per heavy atom. The van der Waals surface area contributed by atoms with Gasteiger partial charge in [-0.1, -0.05) is 12.1 Å². The number of fused-ring (bicyclic) bond motifs is 4. The van der Waals surface area contributed by atoms with Crippen LogP contribution in [0.15, 0.2) is 29.3 Å². The van der Waals surface area contributed by atoms with Crippen molar-refractivity contribution >= 4 is 49.5 Å². The van der Waals surface area contributed by atoms with Crippen molar-refractivity contribution in [1.82, 2.24) is 0 Å². The van der Waals surface area contributed by atoms with Gasteiger partial charge in [0.25, 0.3) is 5.82 Å². The van der Waals surface area contributed by atoms with Crippen LogP contribution in [0.2, 0.25) is 0 Å². The van der Waals surface area contributed by atoms with Crippen molar-refractivity contribution in [2.75, 3.05) is 11.1 Å². The van der Waals surface area contributed by atoms with Crippen molar-refractivity contribution in [2.24, 2.45) is 5.92 Å². The number of ketones is 1. The van der Waals surface area contributed by atoms with E-state index in [0.717, 1.165) is 38.5 Å². The highest BCUT2D eigenvalue weighted by atomic mass is 32.1. The minimum absolute atomic E-state index is 0.0305. The fraction of sp³-hybridized carbons (Fsp3) is 0.250. The number of hydrogen-bond acceptors (Lipinski definition) is 6. The van der Waals surface area contributed by atoms with Gasteiger partial charge in [0.15, 0.2) is 0 Å². The van der Waals surface area contributed by atoms with E-state index in [-0.39, 0.29) is 17.6 Å². The SMILES string of the molecule is Cc1c(C#N)c(N)[nH+]c2c3c(sc12)NC1=CCCC(=O)[C@H]1[C@H]3c1cccs1. The molecule has 3 aromatic rings. The first-order chi connectivity index (χ1) is 13.1. The average Bonchev–Trinajstić information content (AvgIpc) is 3.29. The van der Waals surface area contributed by atoms with Gasteiger partial charge in [-0.25, -0.2) is 4.98 Å². The van der Waals surface area contributed by atoms with Crippen molar-refractivity contribution in [3.63, 3.8) is 0 Å². The van der Waals surface area contributed by atoms with Gasteiger partial charge < -0.3 is 5.32 Å². The maximum Gasteiger partial charge on any atom is 0.289 e. The average molecular weight is 394 g/mol. The van der Waals surface area contributed by atoms with E-state index in [2.05, 4.69) is 33.9 Å². The van der Waals surface area contributed by atoms with Crippen molar-refractivity contribution in [3.05, 3.63) is 50.9 Å². The summed E-state index contributed by atoms with van der Waals surface area (Å²) in [5.74, 6) is 0.441. The van der Waals surface area contributed by atoms with Gasteiger partial charge in [-0.3, -0.25) is 10.5 Å². The minimum Gasteiger partial charge on any atom is -0.350 e. The molecule has 4 N–H and O–H groups in total. The van der Waals surface area contributed by atoms with Gasteiger partial charge in [-0.05, 0) is 30.4 Å². The summed E-state index contributed by atoms with van der Waals surface area (Å²) in [7, 11) is 0. The lowest BCUT2D eigenvalue weighted by Gasteiger charge is -2.35. The molecule has 0 saturated carbocycles. The van der Waals surface area contributed by atoms with Gasteiger partial charge in [-0.15, -0.1) is 22.7 Å². The molecule has 2 aliphatic rings. The topological polar surface area (TPSA) is 93.1 Å². The summed E-state index contributed by atoms with van der Waals surface area (Å²) in [5, 5.41) is 16.1. The molecule has 7 heteroatoms. The molecule has 0 aromatic carbocycles. The zero-order valence-electron chi connectivity index (χ0n) is 14.6. The maximum atomic E-state index is 12.9. The van der Waals surface area contributed by atoms with Crippen molar-refractivity contribution in [1.29, 1.82) is 5.26 Å². The first-order valence-electron chi connectivity index (χ1n) is 8.81. The van der Waals surface area contributed by atoms with Gasteiger partial charge in [0.2, 0.25) is 0 Å². The lowest BCUT2D eigenvalue weighted by molar-refractivity contribution is -0.327. The second-order valence-electron chi connectivity index (χ2n) is 6.96. The molecule has 3 aromatic heterocycles. The molecule has 0 bridgehead atoms. The molecule has 0 fully saturated rings. The van der Waals surface area contributed by atoms with Crippen LogP contribution in [0.1, 0.15) is 40.3 Å². The van der Waals surface area contributed by atoms with E-state index in [1.54, 1.807) is 22.7 Å². The van der Waals surface area contributed by atoms with E-state index in [0.29, 0.717) is 17.8 Å². The van der Waals surface area contributed by atoms with Crippen LogP contribution >= 0.6 is 22.7 Å². The molecule has 5 nitrogen and oxygen atoms in total. The van der Waals surface area contributed by atoms with Crippen LogP contribution in [0.3, 0.4) is 0 Å². The third-order valence-corrected chi connectivity index (χ3v) is 7.69. The summed E-state index contributed by atoms with van der Waals surface area (Å²) in [6, 6.07) is 6.33. The zero-order valence-corrected chi connectivity index (χ0v) is 16.3. The maximum absolute atomic E-state index is 12.9.